The normalized spacial score (nSPS) is 15.7. The standard InChI is InChI=1S/C40H47N3O9/c1-24(15-34(45)25(2)41-37(46)11-7-8-12-38(47)51-4)39(48)42-30-17-26(22-44)16-27(18-30)23-52-36-20-28-13-14-31-19-29-9-5-6-10-33(29)43(31)40(49)32(28)21-35(36)50-3/h5-6,9-10,16-18,20-21,24-25,31,44H,7-8,11-15,19,22-23H2,1-4H3,(H,41,46)(H,42,48)/t24-,25+,31-/m1/s1. The van der Waals surface area contributed by atoms with Crippen LogP contribution in [0.15, 0.2) is 54.6 Å². The summed E-state index contributed by atoms with van der Waals surface area (Å²) in [5, 5.41) is 15.5. The summed E-state index contributed by atoms with van der Waals surface area (Å²) in [6.45, 7) is 3.04. The van der Waals surface area contributed by atoms with Crippen LogP contribution in [0.2, 0.25) is 0 Å². The molecule has 2 aliphatic rings. The van der Waals surface area contributed by atoms with Gasteiger partial charge in [-0.3, -0.25) is 24.0 Å². The minimum atomic E-state index is -0.776. The molecule has 2 heterocycles. The van der Waals surface area contributed by atoms with Crippen LogP contribution < -0.4 is 25.0 Å². The molecule has 0 aliphatic carbocycles. The van der Waals surface area contributed by atoms with Crippen LogP contribution >= 0.6 is 0 Å². The van der Waals surface area contributed by atoms with Gasteiger partial charge in [-0.25, -0.2) is 0 Å². The summed E-state index contributed by atoms with van der Waals surface area (Å²) in [4.78, 5) is 65.1. The largest absolute Gasteiger partial charge is 0.493 e. The number of aryl methyl sites for hydroxylation is 1. The fraction of sp³-hybridized carbons (Fsp3) is 0.425. The van der Waals surface area contributed by atoms with Crippen molar-refractivity contribution in [1.82, 2.24) is 5.32 Å². The molecule has 0 aromatic heterocycles. The van der Waals surface area contributed by atoms with Gasteiger partial charge in [-0.2, -0.15) is 0 Å². The Labute approximate surface area is 303 Å². The lowest BCUT2D eigenvalue weighted by atomic mass is 9.99. The molecule has 3 aromatic carbocycles. The molecule has 0 saturated carbocycles. The Morgan fingerprint density at radius 2 is 1.69 bits per heavy atom. The first-order valence-electron chi connectivity index (χ1n) is 17.7. The monoisotopic (exact) mass is 713 g/mol. The number of benzene rings is 3. The number of nitrogens with one attached hydrogen (secondary N) is 2. The lowest BCUT2D eigenvalue weighted by molar-refractivity contribution is -0.140. The van der Waals surface area contributed by atoms with Gasteiger partial charge in [-0.15, -0.1) is 0 Å². The van der Waals surface area contributed by atoms with E-state index in [2.05, 4.69) is 21.4 Å². The van der Waals surface area contributed by atoms with Crippen LogP contribution in [0.3, 0.4) is 0 Å². The number of methoxy groups -OCH3 is 2. The summed E-state index contributed by atoms with van der Waals surface area (Å²) in [5.74, 6) is -1.16. The SMILES string of the molecule is COC(=O)CCCCC(=O)N[C@@H](C)C(=O)C[C@@H](C)C(=O)Nc1cc(CO)cc(COc2cc3c(cc2OC)C(=O)N2c4ccccc4C[C@H]2CC3)c1. The number of hydrogen-bond acceptors (Lipinski definition) is 9. The molecular formula is C40H47N3O9. The average Bonchev–Trinajstić information content (AvgIpc) is 3.46. The Kier molecular flexibility index (Phi) is 12.7. The maximum absolute atomic E-state index is 13.8. The van der Waals surface area contributed by atoms with E-state index in [-0.39, 0.29) is 62.1 Å². The van der Waals surface area contributed by atoms with Crippen LogP contribution in [0.4, 0.5) is 11.4 Å². The molecule has 0 fully saturated rings. The van der Waals surface area contributed by atoms with E-state index in [9.17, 15) is 29.1 Å². The molecule has 2 aliphatic heterocycles. The molecule has 3 amide bonds. The van der Waals surface area contributed by atoms with Crippen LogP contribution in [0.1, 0.15) is 85.0 Å². The maximum Gasteiger partial charge on any atom is 0.305 e. The first-order valence-corrected chi connectivity index (χ1v) is 17.7. The van der Waals surface area contributed by atoms with Crippen molar-refractivity contribution in [2.24, 2.45) is 5.92 Å². The number of aliphatic hydroxyl groups excluding tert-OH is 1. The van der Waals surface area contributed by atoms with Crippen molar-refractivity contribution in [3.8, 4) is 11.5 Å². The number of Topliss-reactive ketones (excluding diaryl/α,β-unsaturated/α-hetero) is 1. The highest BCUT2D eigenvalue weighted by Gasteiger charge is 2.37. The van der Waals surface area contributed by atoms with Crippen molar-refractivity contribution >= 4 is 40.8 Å². The van der Waals surface area contributed by atoms with Crippen molar-refractivity contribution in [1.29, 1.82) is 0 Å². The van der Waals surface area contributed by atoms with E-state index in [4.69, 9.17) is 9.47 Å². The van der Waals surface area contributed by atoms with Gasteiger partial charge >= 0.3 is 5.97 Å². The molecule has 52 heavy (non-hydrogen) atoms. The van der Waals surface area contributed by atoms with Crippen LogP contribution in [0.25, 0.3) is 0 Å². The number of anilines is 2. The lowest BCUT2D eigenvalue weighted by Crippen LogP contribution is -2.39. The van der Waals surface area contributed by atoms with Gasteiger partial charge in [0.1, 0.15) is 6.61 Å². The minimum absolute atomic E-state index is 0.0532. The summed E-state index contributed by atoms with van der Waals surface area (Å²) in [5.41, 5.74) is 5.28. The number of nitrogens with zero attached hydrogens (tertiary/aromatic N) is 1. The van der Waals surface area contributed by atoms with Crippen LogP contribution in [0.5, 0.6) is 11.5 Å². The predicted octanol–water partition coefficient (Wildman–Crippen LogP) is 5.06. The van der Waals surface area contributed by atoms with E-state index >= 15 is 0 Å². The molecule has 0 saturated heterocycles. The number of para-hydroxylation sites is 1. The average molecular weight is 714 g/mol. The highest BCUT2D eigenvalue weighted by atomic mass is 16.5. The third-order valence-electron chi connectivity index (χ3n) is 9.63. The Morgan fingerprint density at radius 3 is 2.44 bits per heavy atom. The lowest BCUT2D eigenvalue weighted by Gasteiger charge is -2.23. The van der Waals surface area contributed by atoms with E-state index in [1.165, 1.54) is 19.8 Å². The van der Waals surface area contributed by atoms with Crippen LogP contribution in [-0.2, 0) is 50.0 Å². The van der Waals surface area contributed by atoms with Gasteiger partial charge in [0.25, 0.3) is 5.91 Å². The van der Waals surface area contributed by atoms with Crippen molar-refractivity contribution < 1.29 is 43.3 Å². The first kappa shape index (κ1) is 38.0. The molecule has 12 nitrogen and oxygen atoms in total. The van der Waals surface area contributed by atoms with Gasteiger partial charge in [-0.05, 0) is 97.7 Å². The van der Waals surface area contributed by atoms with Crippen molar-refractivity contribution in [2.45, 2.75) is 90.5 Å². The number of aliphatic hydroxyl groups is 1. The second-order valence-corrected chi connectivity index (χ2v) is 13.5. The Hall–Kier alpha value is -5.23. The number of unbranched alkanes of at least 4 members (excludes halogenated alkanes) is 1. The number of carbonyl (C=O) groups is 5. The Morgan fingerprint density at radius 1 is 0.942 bits per heavy atom. The summed E-state index contributed by atoms with van der Waals surface area (Å²) >= 11 is 0. The first-order chi connectivity index (χ1) is 25.0. The van der Waals surface area contributed by atoms with E-state index in [0.717, 1.165) is 24.1 Å². The molecule has 3 N–H and O–H groups in total. The third kappa shape index (κ3) is 9.16. The second-order valence-electron chi connectivity index (χ2n) is 13.5. The summed E-state index contributed by atoms with van der Waals surface area (Å²) in [6.07, 6.45) is 3.65. The summed E-state index contributed by atoms with van der Waals surface area (Å²) in [6, 6.07) is 16.1. The summed E-state index contributed by atoms with van der Waals surface area (Å²) < 4.78 is 16.5. The highest BCUT2D eigenvalue weighted by molar-refractivity contribution is 6.09. The topological polar surface area (TPSA) is 161 Å². The van der Waals surface area contributed by atoms with Gasteiger partial charge in [0.15, 0.2) is 17.3 Å². The van der Waals surface area contributed by atoms with Gasteiger partial charge in [0.2, 0.25) is 11.8 Å². The second kappa shape index (κ2) is 17.3. The number of ether oxygens (including phenoxy) is 3. The number of esters is 1. The minimum Gasteiger partial charge on any atom is -0.493 e. The van der Waals surface area contributed by atoms with Crippen LogP contribution in [-0.4, -0.2) is 60.9 Å². The molecule has 276 valence electrons. The Balaban J connectivity index is 1.19. The number of fused-ring (bicyclic) bond motifs is 4. The Bertz CT molecular complexity index is 1820. The molecule has 5 rings (SSSR count). The molecule has 12 heteroatoms. The molecule has 3 aromatic rings. The zero-order valence-corrected chi connectivity index (χ0v) is 30.2. The third-order valence-corrected chi connectivity index (χ3v) is 9.63. The quantitative estimate of drug-likeness (QED) is 0.136. The number of hydrogen-bond donors (Lipinski definition) is 3. The molecule has 3 atom stereocenters. The number of carbonyl (C=O) groups excluding carboxylic acids is 5. The fourth-order valence-corrected chi connectivity index (χ4v) is 6.76. The summed E-state index contributed by atoms with van der Waals surface area (Å²) in [7, 11) is 2.84. The van der Waals surface area contributed by atoms with E-state index in [1.54, 1.807) is 38.1 Å². The van der Waals surface area contributed by atoms with Crippen molar-refractivity contribution in [3.63, 3.8) is 0 Å². The van der Waals surface area contributed by atoms with E-state index in [1.807, 2.05) is 29.2 Å². The fourth-order valence-electron chi connectivity index (χ4n) is 6.76. The molecule has 0 bridgehead atoms. The molecular weight excluding hydrogens is 666 g/mol. The van der Waals surface area contributed by atoms with E-state index in [0.29, 0.717) is 53.1 Å². The van der Waals surface area contributed by atoms with Gasteiger partial charge in [0, 0.05) is 48.2 Å². The zero-order chi connectivity index (χ0) is 37.4. The van der Waals surface area contributed by atoms with Crippen LogP contribution in [0, 0.1) is 5.92 Å². The van der Waals surface area contributed by atoms with E-state index < -0.39 is 17.9 Å². The molecule has 0 radical (unpaired) electrons. The number of ketones is 1. The number of rotatable bonds is 16. The molecule has 0 spiro atoms. The van der Waals surface area contributed by atoms with Gasteiger partial charge in [-0.1, -0.05) is 25.1 Å². The van der Waals surface area contributed by atoms with Crippen molar-refractivity contribution in [3.05, 3.63) is 82.4 Å². The van der Waals surface area contributed by atoms with Crippen molar-refractivity contribution in [2.75, 3.05) is 24.4 Å². The predicted molar refractivity (Wildman–Crippen MR) is 194 cm³/mol. The smallest absolute Gasteiger partial charge is 0.305 e. The van der Waals surface area contributed by atoms with Gasteiger partial charge in [0.05, 0.1) is 26.9 Å². The zero-order valence-electron chi connectivity index (χ0n) is 30.2. The maximum atomic E-state index is 13.8. The highest BCUT2D eigenvalue weighted by Crippen LogP contribution is 2.40. The number of amides is 3. The molecule has 0 unspecified atom stereocenters. The van der Waals surface area contributed by atoms with Gasteiger partial charge < -0.3 is 34.9 Å².